The number of halogens is 4. The number of nitrogens with one attached hydrogen (secondary N) is 1. The molecule has 7 rings (SSSR count). The summed E-state index contributed by atoms with van der Waals surface area (Å²) in [5.74, 6) is -0.104. The number of pyridine rings is 1. The molecule has 0 amide bonds. The molecule has 2 aromatic carbocycles. The maximum atomic E-state index is 16.4. The van der Waals surface area contributed by atoms with E-state index in [1.165, 1.54) is 12.4 Å². The van der Waals surface area contributed by atoms with Gasteiger partial charge in [0.25, 0.3) is 0 Å². The Morgan fingerprint density at radius 1 is 1.12 bits per heavy atom. The van der Waals surface area contributed by atoms with Crippen molar-refractivity contribution < 1.29 is 23.0 Å². The molecule has 5 heterocycles. The minimum absolute atomic E-state index is 0.00423. The van der Waals surface area contributed by atoms with Crippen molar-refractivity contribution in [3.05, 3.63) is 71.7 Å². The van der Waals surface area contributed by atoms with Crippen molar-refractivity contribution in [3.8, 4) is 17.3 Å². The SMILES string of the molecule is O[C@@H]1C[C@@H]2CN(c3nc(OCCc4nccn4C(F)F)nc4c(F)c(-c5cccc6cccc(Cl)c56)ncc34)C[C@H]1N2. The number of benzene rings is 2. The summed E-state index contributed by atoms with van der Waals surface area (Å²) in [4.78, 5) is 19.5. The fourth-order valence-electron chi connectivity index (χ4n) is 5.95. The highest BCUT2D eigenvalue weighted by Gasteiger charge is 2.40. The number of aromatic nitrogens is 5. The van der Waals surface area contributed by atoms with Gasteiger partial charge in [-0.2, -0.15) is 18.7 Å². The van der Waals surface area contributed by atoms with Gasteiger partial charge in [0.15, 0.2) is 5.82 Å². The molecule has 13 heteroatoms. The standard InChI is InChI=1S/C29H25ClF3N7O2/c30-19-6-2-4-15-3-1-5-17(23(15)19)25-24(31)26-18(12-35-25)27(39-13-16-11-21(41)20(14-39)36-16)38-29(37-26)42-10-7-22-34-8-9-40(22)28(32)33/h1-6,8-9,12,16,20-21,28,36,41H,7,10-11,13-14H2/t16-,20-,21-/m1/s1. The number of aliphatic hydroxyl groups excluding tert-OH is 1. The van der Waals surface area contributed by atoms with Crippen LogP contribution in [0.25, 0.3) is 32.9 Å². The summed E-state index contributed by atoms with van der Waals surface area (Å²) >= 11 is 6.53. The van der Waals surface area contributed by atoms with Crippen molar-refractivity contribution in [2.75, 3.05) is 24.6 Å². The van der Waals surface area contributed by atoms with Crippen LogP contribution in [0.1, 0.15) is 18.8 Å². The maximum Gasteiger partial charge on any atom is 0.319 e. The normalized spacial score (nSPS) is 20.2. The van der Waals surface area contributed by atoms with Crippen LogP contribution in [0.4, 0.5) is 19.0 Å². The van der Waals surface area contributed by atoms with Crippen LogP contribution in [0.2, 0.25) is 5.02 Å². The molecule has 2 saturated heterocycles. The second-order valence-corrected chi connectivity index (χ2v) is 10.9. The van der Waals surface area contributed by atoms with Gasteiger partial charge in [0.1, 0.15) is 22.9 Å². The van der Waals surface area contributed by atoms with E-state index in [0.717, 1.165) is 9.95 Å². The number of rotatable bonds is 7. The van der Waals surface area contributed by atoms with Crippen molar-refractivity contribution in [1.29, 1.82) is 0 Å². The van der Waals surface area contributed by atoms with Gasteiger partial charge in [-0.3, -0.25) is 9.55 Å². The molecule has 2 aliphatic heterocycles. The third-order valence-corrected chi connectivity index (χ3v) is 8.18. The van der Waals surface area contributed by atoms with Crippen LogP contribution in [0.5, 0.6) is 6.01 Å². The number of hydrogen-bond donors (Lipinski definition) is 2. The van der Waals surface area contributed by atoms with Crippen molar-refractivity contribution in [2.24, 2.45) is 0 Å². The Hall–Kier alpha value is -4.00. The van der Waals surface area contributed by atoms with Gasteiger partial charge in [-0.05, 0) is 17.9 Å². The summed E-state index contributed by atoms with van der Waals surface area (Å²) in [6.07, 6.45) is 4.20. The fraction of sp³-hybridized carbons (Fsp3) is 0.310. The average molecular weight is 596 g/mol. The smallest absolute Gasteiger partial charge is 0.319 e. The zero-order chi connectivity index (χ0) is 29.0. The first-order valence-electron chi connectivity index (χ1n) is 13.5. The molecule has 2 aliphatic rings. The lowest BCUT2D eigenvalue weighted by atomic mass is 10.0. The first-order valence-corrected chi connectivity index (χ1v) is 13.9. The molecule has 0 unspecified atom stereocenters. The Bertz CT molecular complexity index is 1800. The van der Waals surface area contributed by atoms with Crippen LogP contribution in [-0.2, 0) is 6.42 Å². The molecule has 2 bridgehead atoms. The minimum Gasteiger partial charge on any atom is -0.463 e. The molecule has 9 nitrogen and oxygen atoms in total. The highest BCUT2D eigenvalue weighted by atomic mass is 35.5. The van der Waals surface area contributed by atoms with Gasteiger partial charge in [-0.15, -0.1) is 0 Å². The lowest BCUT2D eigenvalue weighted by Crippen LogP contribution is -2.53. The maximum absolute atomic E-state index is 16.4. The van der Waals surface area contributed by atoms with E-state index >= 15 is 4.39 Å². The van der Waals surface area contributed by atoms with Gasteiger partial charge in [0, 0.05) is 60.1 Å². The van der Waals surface area contributed by atoms with E-state index in [0.29, 0.717) is 46.7 Å². The van der Waals surface area contributed by atoms with Gasteiger partial charge in [-0.1, -0.05) is 41.9 Å². The summed E-state index contributed by atoms with van der Waals surface area (Å²) in [5, 5.41) is 16.2. The van der Waals surface area contributed by atoms with Crippen LogP contribution in [0, 0.1) is 5.82 Å². The van der Waals surface area contributed by atoms with Crippen LogP contribution in [0.15, 0.2) is 55.0 Å². The number of anilines is 1. The monoisotopic (exact) mass is 595 g/mol. The number of hydrogen-bond acceptors (Lipinski definition) is 8. The molecule has 0 saturated carbocycles. The van der Waals surface area contributed by atoms with E-state index in [-0.39, 0.29) is 48.2 Å². The Morgan fingerprint density at radius 3 is 2.76 bits per heavy atom. The Balaban J connectivity index is 1.31. The highest BCUT2D eigenvalue weighted by molar-refractivity contribution is 6.36. The van der Waals surface area contributed by atoms with E-state index in [9.17, 15) is 13.9 Å². The molecule has 2 N–H and O–H groups in total. The van der Waals surface area contributed by atoms with Crippen LogP contribution < -0.4 is 15.0 Å². The van der Waals surface area contributed by atoms with Gasteiger partial charge in [0.2, 0.25) is 0 Å². The zero-order valence-corrected chi connectivity index (χ0v) is 22.8. The molecular formula is C29H25ClF3N7O2. The number of piperazine rings is 1. The minimum atomic E-state index is -2.73. The van der Waals surface area contributed by atoms with Gasteiger partial charge >= 0.3 is 12.6 Å². The number of alkyl halides is 2. The Morgan fingerprint density at radius 2 is 1.95 bits per heavy atom. The predicted octanol–water partition coefficient (Wildman–Crippen LogP) is 4.76. The zero-order valence-electron chi connectivity index (χ0n) is 22.1. The summed E-state index contributed by atoms with van der Waals surface area (Å²) in [7, 11) is 0. The molecular weight excluding hydrogens is 571 g/mol. The topological polar surface area (TPSA) is 101 Å². The van der Waals surface area contributed by atoms with E-state index < -0.39 is 18.5 Å². The molecule has 42 heavy (non-hydrogen) atoms. The van der Waals surface area contributed by atoms with Crippen molar-refractivity contribution in [2.45, 2.75) is 37.6 Å². The Kier molecular flexibility index (Phi) is 6.83. The molecule has 216 valence electrons. The second-order valence-electron chi connectivity index (χ2n) is 10.5. The van der Waals surface area contributed by atoms with Crippen LogP contribution >= 0.6 is 11.6 Å². The summed E-state index contributed by atoms with van der Waals surface area (Å²) in [6, 6.07) is 10.7. The van der Waals surface area contributed by atoms with E-state index in [4.69, 9.17) is 16.3 Å². The quantitative estimate of drug-likeness (QED) is 0.278. The van der Waals surface area contributed by atoms with Crippen LogP contribution in [-0.4, -0.2) is 67.5 Å². The number of nitrogens with zero attached hydrogens (tertiary/aromatic N) is 6. The lowest BCUT2D eigenvalue weighted by Gasteiger charge is -2.34. The van der Waals surface area contributed by atoms with Gasteiger partial charge < -0.3 is 20.1 Å². The van der Waals surface area contributed by atoms with Gasteiger partial charge in [-0.25, -0.2) is 9.37 Å². The lowest BCUT2D eigenvalue weighted by molar-refractivity contribution is 0.0663. The summed E-state index contributed by atoms with van der Waals surface area (Å²) in [6.45, 7) is -1.81. The third-order valence-electron chi connectivity index (χ3n) is 7.87. The number of imidazole rings is 1. The molecule has 0 aliphatic carbocycles. The van der Waals surface area contributed by atoms with Crippen molar-refractivity contribution in [1.82, 2.24) is 29.8 Å². The predicted molar refractivity (Wildman–Crippen MR) is 151 cm³/mol. The van der Waals surface area contributed by atoms with E-state index in [2.05, 4.69) is 25.3 Å². The van der Waals surface area contributed by atoms with Crippen molar-refractivity contribution in [3.63, 3.8) is 0 Å². The van der Waals surface area contributed by atoms with Crippen molar-refractivity contribution >= 4 is 39.1 Å². The fourth-order valence-corrected chi connectivity index (χ4v) is 6.23. The second kappa shape index (κ2) is 10.7. The van der Waals surface area contributed by atoms with Gasteiger partial charge in [0.05, 0.1) is 24.1 Å². The first-order chi connectivity index (χ1) is 20.4. The number of fused-ring (bicyclic) bond motifs is 4. The van der Waals surface area contributed by atoms with E-state index in [1.54, 1.807) is 18.3 Å². The molecule has 3 aromatic heterocycles. The number of ether oxygens (including phenoxy) is 1. The number of aliphatic hydroxyl groups is 1. The Labute approximate surface area is 242 Å². The average Bonchev–Trinajstić information content (AvgIpc) is 3.56. The molecule has 3 atom stereocenters. The molecule has 2 fully saturated rings. The highest BCUT2D eigenvalue weighted by Crippen LogP contribution is 2.38. The molecule has 5 aromatic rings. The molecule has 0 spiro atoms. The summed E-state index contributed by atoms with van der Waals surface area (Å²) in [5.41, 5.74) is 0.596. The third kappa shape index (κ3) is 4.69. The van der Waals surface area contributed by atoms with E-state index in [1.807, 2.05) is 29.2 Å². The van der Waals surface area contributed by atoms with Crippen LogP contribution in [0.3, 0.4) is 0 Å². The summed E-state index contributed by atoms with van der Waals surface area (Å²) < 4.78 is 49.5. The first kappa shape index (κ1) is 26.9. The molecule has 0 radical (unpaired) electrons. The largest absolute Gasteiger partial charge is 0.463 e.